The smallest absolute Gasteiger partial charge is 0.168 e. The average Bonchev–Trinajstić information content (AvgIpc) is 2.94. The lowest BCUT2D eigenvalue weighted by atomic mass is 9.83. The number of carbonyl (C=O) groups excluding carboxylic acids is 1. The number of unbranched alkanes of at least 4 members (excludes halogenated alkanes) is 3. The Morgan fingerprint density at radius 1 is 0.963 bits per heavy atom. The second-order valence-electron chi connectivity index (χ2n) is 8.37. The third-order valence-electron chi connectivity index (χ3n) is 4.92. The largest absolute Gasteiger partial charge is 0.294 e. The molecule has 0 N–H and O–H groups in total. The number of carbonyl (C=O) groups is 1. The van der Waals surface area contributed by atoms with Crippen molar-refractivity contribution < 1.29 is 4.79 Å². The number of allylic oxidation sites excluding steroid dienone is 5. The van der Waals surface area contributed by atoms with Gasteiger partial charge in [0, 0.05) is 11.0 Å². The van der Waals surface area contributed by atoms with Crippen LogP contribution in [0.2, 0.25) is 0 Å². The first kappa shape index (κ1) is 25.7. The van der Waals surface area contributed by atoms with Crippen molar-refractivity contribution in [3.63, 3.8) is 0 Å². The third-order valence-corrected chi connectivity index (χ3v) is 4.92. The fourth-order valence-corrected chi connectivity index (χ4v) is 3.27. The molecular weight excluding hydrogens is 328 g/mol. The van der Waals surface area contributed by atoms with E-state index in [0.717, 1.165) is 5.57 Å². The lowest BCUT2D eigenvalue weighted by molar-refractivity contribution is -0.122. The van der Waals surface area contributed by atoms with Crippen LogP contribution in [0.1, 0.15) is 106 Å². The Morgan fingerprint density at radius 2 is 1.52 bits per heavy atom. The van der Waals surface area contributed by atoms with Crippen LogP contribution in [0.3, 0.4) is 0 Å². The molecule has 1 saturated carbocycles. The van der Waals surface area contributed by atoms with Crippen molar-refractivity contribution in [1.82, 2.24) is 0 Å². The molecule has 0 spiro atoms. The van der Waals surface area contributed by atoms with Crippen LogP contribution < -0.4 is 0 Å². The predicted octanol–water partition coefficient (Wildman–Crippen LogP) is 8.37. The highest BCUT2D eigenvalue weighted by molar-refractivity contribution is 6.01. The predicted molar refractivity (Wildman–Crippen MR) is 121 cm³/mol. The molecule has 1 heteroatoms. The maximum Gasteiger partial charge on any atom is 0.168 e. The Hall–Kier alpha value is -1.33. The molecule has 2 aliphatic carbocycles. The molecule has 0 heterocycles. The first-order valence-electron chi connectivity index (χ1n) is 11.3. The van der Waals surface area contributed by atoms with Crippen LogP contribution in [0.25, 0.3) is 0 Å². The molecule has 0 saturated heterocycles. The van der Waals surface area contributed by atoms with E-state index in [4.69, 9.17) is 0 Å². The van der Waals surface area contributed by atoms with Gasteiger partial charge in [0.05, 0.1) is 0 Å². The van der Waals surface area contributed by atoms with Crippen LogP contribution in [0.5, 0.6) is 0 Å². The molecule has 1 nitrogen and oxygen atoms in total. The quantitative estimate of drug-likeness (QED) is 0.350. The Bertz CT molecular complexity index is 523. The maximum absolute atomic E-state index is 12.3. The fourth-order valence-electron chi connectivity index (χ4n) is 3.27. The van der Waals surface area contributed by atoms with E-state index < -0.39 is 0 Å². The minimum absolute atomic E-state index is 0.189. The van der Waals surface area contributed by atoms with Gasteiger partial charge in [-0.05, 0) is 36.5 Å². The summed E-state index contributed by atoms with van der Waals surface area (Å²) in [4.78, 5) is 12.3. The first-order chi connectivity index (χ1) is 12.9. The van der Waals surface area contributed by atoms with Crippen LogP contribution in [0.15, 0.2) is 41.2 Å². The van der Waals surface area contributed by atoms with E-state index in [0.29, 0.717) is 5.92 Å². The Kier molecular flexibility index (Phi) is 14.0. The number of hydrogen-bond acceptors (Lipinski definition) is 1. The van der Waals surface area contributed by atoms with Gasteiger partial charge < -0.3 is 0 Å². The number of rotatable bonds is 5. The van der Waals surface area contributed by atoms with Gasteiger partial charge in [-0.25, -0.2) is 0 Å². The molecule has 0 aromatic heterocycles. The first-order valence-corrected chi connectivity index (χ1v) is 11.3. The summed E-state index contributed by atoms with van der Waals surface area (Å²) in [6.45, 7) is 14.4. The van der Waals surface area contributed by atoms with E-state index in [1.807, 2.05) is 46.8 Å². The molecule has 2 aliphatic rings. The highest BCUT2D eigenvalue weighted by atomic mass is 16.1. The minimum atomic E-state index is -0.326. The molecule has 0 aromatic rings. The zero-order valence-corrected chi connectivity index (χ0v) is 19.2. The number of ketones is 1. The van der Waals surface area contributed by atoms with Gasteiger partial charge in [0.15, 0.2) is 5.78 Å². The Labute approximate surface area is 169 Å². The number of Topliss-reactive ketones (excluding diaryl/α,β-unsaturated/α-hetero) is 1. The highest BCUT2D eigenvalue weighted by Crippen LogP contribution is 2.31. The van der Waals surface area contributed by atoms with Crippen LogP contribution in [-0.4, -0.2) is 5.78 Å². The van der Waals surface area contributed by atoms with Crippen molar-refractivity contribution in [2.75, 3.05) is 0 Å². The molecule has 0 amide bonds. The van der Waals surface area contributed by atoms with Crippen LogP contribution >= 0.6 is 0 Å². The standard InChI is InChI=1S/C18H24O.C6H14.C2H6/c1-18(2,3)17(19)16-11-7-10-15(12-13-16)14-8-5-4-6-9-14;1-3-5-6-4-2;1-2/h10-14H,4-6,8-9H2,1-3H3;3-6H2,1-2H3;1-2H3. The van der Waals surface area contributed by atoms with E-state index >= 15 is 0 Å². The summed E-state index contributed by atoms with van der Waals surface area (Å²) < 4.78 is 0. The normalized spacial score (nSPS) is 16.9. The summed E-state index contributed by atoms with van der Waals surface area (Å²) in [6.07, 6.45) is 20.1. The van der Waals surface area contributed by atoms with Crippen LogP contribution in [0.4, 0.5) is 0 Å². The highest BCUT2D eigenvalue weighted by Gasteiger charge is 2.24. The van der Waals surface area contributed by atoms with Crippen molar-refractivity contribution in [3.05, 3.63) is 41.2 Å². The van der Waals surface area contributed by atoms with E-state index in [1.165, 1.54) is 63.4 Å². The zero-order chi connectivity index (χ0) is 20.7. The third kappa shape index (κ3) is 10.5. The molecule has 27 heavy (non-hydrogen) atoms. The summed E-state index contributed by atoms with van der Waals surface area (Å²) in [5.74, 6) is 0.851. The lowest BCUT2D eigenvalue weighted by Crippen LogP contribution is -2.21. The summed E-state index contributed by atoms with van der Waals surface area (Å²) >= 11 is 0. The molecule has 0 unspecified atom stereocenters. The molecule has 0 atom stereocenters. The van der Waals surface area contributed by atoms with Crippen molar-refractivity contribution in [3.8, 4) is 0 Å². The monoisotopic (exact) mass is 372 g/mol. The van der Waals surface area contributed by atoms with Gasteiger partial charge in [-0.3, -0.25) is 4.79 Å². The molecule has 0 aromatic carbocycles. The summed E-state index contributed by atoms with van der Waals surface area (Å²) in [5, 5.41) is 0. The maximum atomic E-state index is 12.3. The summed E-state index contributed by atoms with van der Waals surface area (Å²) in [6, 6.07) is 0. The molecule has 0 aliphatic heterocycles. The van der Waals surface area contributed by atoms with E-state index in [9.17, 15) is 4.79 Å². The van der Waals surface area contributed by atoms with Crippen LogP contribution in [-0.2, 0) is 4.79 Å². The van der Waals surface area contributed by atoms with Gasteiger partial charge in [-0.2, -0.15) is 0 Å². The molecule has 154 valence electrons. The van der Waals surface area contributed by atoms with E-state index in [2.05, 4.69) is 31.7 Å². The second-order valence-corrected chi connectivity index (χ2v) is 8.37. The van der Waals surface area contributed by atoms with Crippen LogP contribution in [0, 0.1) is 11.3 Å². The zero-order valence-electron chi connectivity index (χ0n) is 19.2. The fraction of sp³-hybridized carbons (Fsp3) is 0.692. The second kappa shape index (κ2) is 14.7. The molecule has 2 rings (SSSR count). The summed E-state index contributed by atoms with van der Waals surface area (Å²) in [7, 11) is 0. The Balaban J connectivity index is 0.000000722. The average molecular weight is 373 g/mol. The SMILES string of the molecule is CC.CC(C)(C)C(=O)C1=CC=C(C2CCCCC2)C=C=C1.CCCCCC. The van der Waals surface area contributed by atoms with Crippen molar-refractivity contribution in [2.24, 2.45) is 11.3 Å². The van der Waals surface area contributed by atoms with Gasteiger partial charge in [0.2, 0.25) is 0 Å². The van der Waals surface area contributed by atoms with Gasteiger partial charge in [-0.1, -0.05) is 106 Å². The van der Waals surface area contributed by atoms with Crippen molar-refractivity contribution in [1.29, 1.82) is 0 Å². The summed E-state index contributed by atoms with van der Waals surface area (Å²) in [5.41, 5.74) is 4.98. The van der Waals surface area contributed by atoms with Crippen molar-refractivity contribution >= 4 is 5.78 Å². The van der Waals surface area contributed by atoms with Gasteiger partial charge >= 0.3 is 0 Å². The van der Waals surface area contributed by atoms with E-state index in [-0.39, 0.29) is 11.2 Å². The van der Waals surface area contributed by atoms with Gasteiger partial charge in [-0.15, -0.1) is 5.73 Å². The molecular formula is C26H44O. The molecule has 1 fully saturated rings. The molecule has 0 radical (unpaired) electrons. The minimum Gasteiger partial charge on any atom is -0.294 e. The van der Waals surface area contributed by atoms with Crippen molar-refractivity contribution in [2.45, 2.75) is 106 Å². The van der Waals surface area contributed by atoms with Gasteiger partial charge in [0.25, 0.3) is 0 Å². The van der Waals surface area contributed by atoms with Gasteiger partial charge in [0.1, 0.15) is 0 Å². The lowest BCUT2D eigenvalue weighted by Gasteiger charge is -2.22. The van der Waals surface area contributed by atoms with E-state index in [1.54, 1.807) is 0 Å². The molecule has 0 bridgehead atoms. The topological polar surface area (TPSA) is 17.1 Å². The number of hydrogen-bond donors (Lipinski definition) is 0. The Morgan fingerprint density at radius 3 is 2.00 bits per heavy atom.